The number of carbonyl (C=O) groups is 1. The Hall–Kier alpha value is -3.08. The molecule has 0 saturated carbocycles. The molecule has 1 saturated heterocycles. The normalized spacial score (nSPS) is 16.4. The fourth-order valence-corrected chi connectivity index (χ4v) is 3.72. The Kier molecular flexibility index (Phi) is 4.90. The first-order chi connectivity index (χ1) is 13.5. The van der Waals surface area contributed by atoms with Gasteiger partial charge in [-0.25, -0.2) is 9.37 Å². The lowest BCUT2D eigenvalue weighted by atomic mass is 9.98. The lowest BCUT2D eigenvalue weighted by Crippen LogP contribution is -2.28. The van der Waals surface area contributed by atoms with Gasteiger partial charge in [0, 0.05) is 36.3 Å². The number of carbonyl (C=O) groups excluding carboxylic acids is 1. The minimum absolute atomic E-state index is 0.0308. The summed E-state index contributed by atoms with van der Waals surface area (Å²) in [5.41, 5.74) is 5.28. The van der Waals surface area contributed by atoms with Crippen LogP contribution < -0.4 is 0 Å². The number of hydrogen-bond donors (Lipinski definition) is 0. The van der Waals surface area contributed by atoms with Crippen LogP contribution in [0.15, 0.2) is 54.7 Å². The van der Waals surface area contributed by atoms with Crippen molar-refractivity contribution in [3.05, 3.63) is 83.1 Å². The number of aromatic nitrogens is 2. The van der Waals surface area contributed by atoms with Crippen molar-refractivity contribution in [3.63, 3.8) is 0 Å². The van der Waals surface area contributed by atoms with E-state index in [4.69, 9.17) is 0 Å². The Morgan fingerprint density at radius 2 is 1.79 bits per heavy atom. The third-order valence-electron chi connectivity index (χ3n) is 5.30. The first-order valence-electron chi connectivity index (χ1n) is 9.46. The largest absolute Gasteiger partial charge is 0.338 e. The molecule has 1 aliphatic heterocycles. The zero-order valence-electron chi connectivity index (χ0n) is 16.0. The molecule has 142 valence electrons. The molecule has 0 unspecified atom stereocenters. The van der Waals surface area contributed by atoms with E-state index in [1.807, 2.05) is 55.1 Å². The van der Waals surface area contributed by atoms with E-state index in [-0.39, 0.29) is 17.6 Å². The quantitative estimate of drug-likeness (QED) is 0.676. The summed E-state index contributed by atoms with van der Waals surface area (Å²) >= 11 is 0. The van der Waals surface area contributed by atoms with E-state index in [2.05, 4.69) is 9.97 Å². The van der Waals surface area contributed by atoms with Crippen LogP contribution in [0.3, 0.4) is 0 Å². The first-order valence-corrected chi connectivity index (χ1v) is 9.46. The molecule has 1 atom stereocenters. The average Bonchev–Trinajstić information content (AvgIpc) is 3.20. The molecule has 2 aromatic carbocycles. The van der Waals surface area contributed by atoms with Gasteiger partial charge in [0.1, 0.15) is 5.82 Å². The van der Waals surface area contributed by atoms with Gasteiger partial charge in [-0.1, -0.05) is 24.3 Å². The maximum atomic E-state index is 13.1. The lowest BCUT2D eigenvalue weighted by Gasteiger charge is -2.17. The lowest BCUT2D eigenvalue weighted by molar-refractivity contribution is 0.0791. The van der Waals surface area contributed by atoms with Gasteiger partial charge in [-0.05, 0) is 50.1 Å². The maximum Gasteiger partial charge on any atom is 0.253 e. The third-order valence-corrected chi connectivity index (χ3v) is 5.30. The van der Waals surface area contributed by atoms with Gasteiger partial charge in [0.15, 0.2) is 0 Å². The molecule has 4 rings (SSSR count). The summed E-state index contributed by atoms with van der Waals surface area (Å²) in [6.45, 7) is 5.22. The topological polar surface area (TPSA) is 46.1 Å². The van der Waals surface area contributed by atoms with Gasteiger partial charge in [0.2, 0.25) is 0 Å². The zero-order valence-corrected chi connectivity index (χ0v) is 16.0. The van der Waals surface area contributed by atoms with Gasteiger partial charge < -0.3 is 4.90 Å². The third kappa shape index (κ3) is 3.65. The Balaban J connectivity index is 1.48. The molecule has 0 aliphatic carbocycles. The summed E-state index contributed by atoms with van der Waals surface area (Å²) in [6, 6.07) is 14.2. The van der Waals surface area contributed by atoms with E-state index in [1.54, 1.807) is 6.20 Å². The van der Waals surface area contributed by atoms with Crippen LogP contribution in [-0.2, 0) is 0 Å². The molecule has 0 bridgehead atoms. The summed E-state index contributed by atoms with van der Waals surface area (Å²) in [5.74, 6) is 0.0561. The summed E-state index contributed by atoms with van der Waals surface area (Å²) in [7, 11) is 0. The molecule has 5 heteroatoms. The summed E-state index contributed by atoms with van der Waals surface area (Å²) in [4.78, 5) is 23.7. The zero-order chi connectivity index (χ0) is 19.7. The molecular weight excluding hydrogens is 353 g/mol. The van der Waals surface area contributed by atoms with Gasteiger partial charge in [-0.3, -0.25) is 9.78 Å². The molecule has 2 heterocycles. The van der Waals surface area contributed by atoms with Crippen molar-refractivity contribution >= 4 is 5.91 Å². The van der Waals surface area contributed by atoms with Crippen LogP contribution in [-0.4, -0.2) is 33.9 Å². The molecule has 1 aliphatic rings. The number of halogens is 1. The molecule has 0 radical (unpaired) electrons. The molecule has 1 aromatic heterocycles. The van der Waals surface area contributed by atoms with E-state index in [0.29, 0.717) is 18.7 Å². The molecule has 3 aromatic rings. The number of aryl methyl sites for hydroxylation is 2. The Labute approximate surface area is 164 Å². The number of amides is 1. The second-order valence-electron chi connectivity index (χ2n) is 7.31. The Morgan fingerprint density at radius 1 is 1.07 bits per heavy atom. The van der Waals surface area contributed by atoms with Crippen molar-refractivity contribution in [3.8, 4) is 11.3 Å². The van der Waals surface area contributed by atoms with Crippen molar-refractivity contribution in [2.75, 3.05) is 13.1 Å². The summed E-state index contributed by atoms with van der Waals surface area (Å²) in [5, 5.41) is 0. The SMILES string of the molecule is Cc1cnc(C)c(-c2ccc(C(=O)N3CC[C@@H](c4ccc(F)cc4)C3)cc2)n1. The fraction of sp³-hybridized carbons (Fsp3) is 0.261. The number of hydrogen-bond acceptors (Lipinski definition) is 3. The van der Waals surface area contributed by atoms with Crippen LogP contribution in [0.5, 0.6) is 0 Å². The predicted molar refractivity (Wildman–Crippen MR) is 107 cm³/mol. The monoisotopic (exact) mass is 375 g/mol. The molecule has 1 amide bonds. The number of likely N-dealkylation sites (tertiary alicyclic amines) is 1. The van der Waals surface area contributed by atoms with Crippen molar-refractivity contribution in [1.29, 1.82) is 0 Å². The van der Waals surface area contributed by atoms with Crippen molar-refractivity contribution in [1.82, 2.24) is 14.9 Å². The highest BCUT2D eigenvalue weighted by Gasteiger charge is 2.28. The highest BCUT2D eigenvalue weighted by Crippen LogP contribution is 2.29. The Bertz CT molecular complexity index is 999. The highest BCUT2D eigenvalue weighted by atomic mass is 19.1. The smallest absolute Gasteiger partial charge is 0.253 e. The van der Waals surface area contributed by atoms with Crippen LogP contribution in [0, 0.1) is 19.7 Å². The minimum atomic E-state index is -0.233. The van der Waals surface area contributed by atoms with E-state index >= 15 is 0 Å². The molecular formula is C23H22FN3O. The van der Waals surface area contributed by atoms with Gasteiger partial charge in [0.05, 0.1) is 17.1 Å². The van der Waals surface area contributed by atoms with Crippen LogP contribution in [0.25, 0.3) is 11.3 Å². The standard InChI is InChI=1S/C23H22FN3O/c1-15-13-25-16(2)22(26-15)18-3-5-19(6-4-18)23(28)27-12-11-20(14-27)17-7-9-21(24)10-8-17/h3-10,13,20H,11-12,14H2,1-2H3/t20-/m1/s1. The van der Waals surface area contributed by atoms with Crippen molar-refractivity contribution in [2.24, 2.45) is 0 Å². The van der Waals surface area contributed by atoms with Gasteiger partial charge >= 0.3 is 0 Å². The van der Waals surface area contributed by atoms with Crippen LogP contribution in [0.2, 0.25) is 0 Å². The van der Waals surface area contributed by atoms with Gasteiger partial charge in [-0.15, -0.1) is 0 Å². The van der Waals surface area contributed by atoms with E-state index < -0.39 is 0 Å². The Morgan fingerprint density at radius 3 is 2.50 bits per heavy atom. The average molecular weight is 375 g/mol. The molecule has 4 nitrogen and oxygen atoms in total. The highest BCUT2D eigenvalue weighted by molar-refractivity contribution is 5.95. The molecule has 1 fully saturated rings. The van der Waals surface area contributed by atoms with Crippen LogP contribution >= 0.6 is 0 Å². The van der Waals surface area contributed by atoms with E-state index in [9.17, 15) is 9.18 Å². The van der Waals surface area contributed by atoms with Crippen molar-refractivity contribution < 1.29 is 9.18 Å². The second kappa shape index (κ2) is 7.50. The molecule has 28 heavy (non-hydrogen) atoms. The number of rotatable bonds is 3. The maximum absolute atomic E-state index is 13.1. The minimum Gasteiger partial charge on any atom is -0.338 e. The molecule has 0 spiro atoms. The number of benzene rings is 2. The van der Waals surface area contributed by atoms with Crippen LogP contribution in [0.4, 0.5) is 4.39 Å². The first kappa shape index (κ1) is 18.3. The van der Waals surface area contributed by atoms with Gasteiger partial charge in [0.25, 0.3) is 5.91 Å². The predicted octanol–water partition coefficient (Wildman–Crippen LogP) is 4.53. The van der Waals surface area contributed by atoms with Crippen LogP contribution in [0.1, 0.15) is 39.6 Å². The second-order valence-corrected chi connectivity index (χ2v) is 7.31. The van der Waals surface area contributed by atoms with Gasteiger partial charge in [-0.2, -0.15) is 0 Å². The molecule has 0 N–H and O–H groups in total. The fourth-order valence-electron chi connectivity index (χ4n) is 3.72. The summed E-state index contributed by atoms with van der Waals surface area (Å²) in [6.07, 6.45) is 2.65. The summed E-state index contributed by atoms with van der Waals surface area (Å²) < 4.78 is 13.1. The van der Waals surface area contributed by atoms with Crippen molar-refractivity contribution in [2.45, 2.75) is 26.2 Å². The van der Waals surface area contributed by atoms with E-state index in [0.717, 1.165) is 34.6 Å². The van der Waals surface area contributed by atoms with E-state index in [1.165, 1.54) is 12.1 Å². The number of nitrogens with zero attached hydrogens (tertiary/aromatic N) is 3.